The lowest BCUT2D eigenvalue weighted by molar-refractivity contribution is -0.139. The average molecular weight is 369 g/mol. The summed E-state index contributed by atoms with van der Waals surface area (Å²) in [6, 6.07) is 7.06. The average Bonchev–Trinajstić information content (AvgIpc) is 2.55. The first-order valence-corrected chi connectivity index (χ1v) is 8.41. The Morgan fingerprint density at radius 2 is 1.92 bits per heavy atom. The Morgan fingerprint density at radius 3 is 2.58 bits per heavy atom. The summed E-state index contributed by atoms with van der Waals surface area (Å²) in [5.41, 5.74) is -0.439. The van der Waals surface area contributed by atoms with Gasteiger partial charge in [-0.1, -0.05) is 25.5 Å². The molecule has 1 N–H and O–H groups in total. The van der Waals surface area contributed by atoms with Crippen LogP contribution in [0.5, 0.6) is 11.6 Å². The first-order valence-electron chi connectivity index (χ1n) is 8.41. The second-order valence-electron chi connectivity index (χ2n) is 5.90. The fourth-order valence-corrected chi connectivity index (χ4v) is 2.09. The molecule has 0 unspecified atom stereocenters. The lowest BCUT2D eigenvalue weighted by atomic mass is 10.3. The van der Waals surface area contributed by atoms with Crippen molar-refractivity contribution in [1.82, 2.24) is 9.97 Å². The zero-order chi connectivity index (χ0) is 19.2. The number of ether oxygens (including phenoxy) is 2. The van der Waals surface area contributed by atoms with Crippen molar-refractivity contribution in [1.29, 1.82) is 0 Å². The van der Waals surface area contributed by atoms with Gasteiger partial charge in [0, 0.05) is 6.20 Å². The Labute approximate surface area is 150 Å². The van der Waals surface area contributed by atoms with Gasteiger partial charge in [-0.2, -0.15) is 18.2 Å². The van der Waals surface area contributed by atoms with Gasteiger partial charge in [0.2, 0.25) is 11.8 Å². The molecule has 0 atom stereocenters. The summed E-state index contributed by atoms with van der Waals surface area (Å²) < 4.78 is 50.3. The number of rotatable bonds is 8. The number of alkyl halides is 3. The van der Waals surface area contributed by atoms with Gasteiger partial charge in [0.25, 0.3) is 0 Å². The second kappa shape index (κ2) is 8.73. The molecule has 0 spiro atoms. The molecule has 0 aliphatic heterocycles. The molecule has 0 saturated carbocycles. The molecule has 5 nitrogen and oxygen atoms in total. The molecule has 0 aliphatic carbocycles. The molecule has 2 rings (SSSR count). The Bertz CT molecular complexity index is 721. The van der Waals surface area contributed by atoms with E-state index in [4.69, 9.17) is 9.47 Å². The molecule has 2 aromatic rings. The standard InChI is InChI=1S/C18H22F3N3O2/c1-4-5-10-25-16-13(18(19,20)21)11-22-17(24-16)23-14-8-6-7-9-15(14)26-12(2)3/h6-9,11-12H,4-5,10H2,1-3H3,(H,22,23,24). The van der Waals surface area contributed by atoms with Crippen LogP contribution in [0, 0.1) is 0 Å². The number of anilines is 2. The largest absolute Gasteiger partial charge is 0.489 e. The van der Waals surface area contributed by atoms with Crippen LogP contribution in [-0.2, 0) is 6.18 Å². The summed E-state index contributed by atoms with van der Waals surface area (Å²) in [5.74, 6) is 0.0782. The molecule has 26 heavy (non-hydrogen) atoms. The van der Waals surface area contributed by atoms with Crippen LogP contribution in [0.2, 0.25) is 0 Å². The van der Waals surface area contributed by atoms with Crippen LogP contribution in [0.1, 0.15) is 39.2 Å². The first-order chi connectivity index (χ1) is 12.3. The van der Waals surface area contributed by atoms with E-state index < -0.39 is 17.6 Å². The molecular weight excluding hydrogens is 347 g/mol. The molecule has 142 valence electrons. The molecule has 1 aromatic heterocycles. The van der Waals surface area contributed by atoms with Gasteiger partial charge in [-0.3, -0.25) is 0 Å². The summed E-state index contributed by atoms with van der Waals surface area (Å²) >= 11 is 0. The fraction of sp³-hybridized carbons (Fsp3) is 0.444. The summed E-state index contributed by atoms with van der Waals surface area (Å²) in [6.45, 7) is 5.84. The van der Waals surface area contributed by atoms with E-state index in [1.165, 1.54) is 0 Å². The zero-order valence-corrected chi connectivity index (χ0v) is 14.9. The quantitative estimate of drug-likeness (QED) is 0.648. The number of halogens is 3. The van der Waals surface area contributed by atoms with Crippen LogP contribution in [0.25, 0.3) is 0 Å². The van der Waals surface area contributed by atoms with Gasteiger partial charge in [0.1, 0.15) is 11.3 Å². The van der Waals surface area contributed by atoms with Crippen molar-refractivity contribution in [2.75, 3.05) is 11.9 Å². The predicted molar refractivity (Wildman–Crippen MR) is 92.9 cm³/mol. The van der Waals surface area contributed by atoms with Crippen molar-refractivity contribution < 1.29 is 22.6 Å². The molecule has 1 aromatic carbocycles. The van der Waals surface area contributed by atoms with Gasteiger partial charge in [-0.25, -0.2) is 4.98 Å². The molecule has 0 amide bonds. The molecule has 0 bridgehead atoms. The third kappa shape index (κ3) is 5.50. The Morgan fingerprint density at radius 1 is 1.19 bits per heavy atom. The number of para-hydroxylation sites is 2. The van der Waals surface area contributed by atoms with Gasteiger partial charge in [-0.05, 0) is 32.4 Å². The molecular formula is C18H22F3N3O2. The first kappa shape index (κ1) is 19.8. The Balaban J connectivity index is 2.29. The van der Waals surface area contributed by atoms with Crippen LogP contribution in [0.4, 0.5) is 24.8 Å². The predicted octanol–water partition coefficient (Wildman–Crippen LogP) is 5.21. The van der Waals surface area contributed by atoms with Gasteiger partial charge >= 0.3 is 6.18 Å². The van der Waals surface area contributed by atoms with E-state index in [0.717, 1.165) is 12.6 Å². The highest BCUT2D eigenvalue weighted by Gasteiger charge is 2.36. The van der Waals surface area contributed by atoms with Crippen LogP contribution >= 0.6 is 0 Å². The molecule has 0 aliphatic rings. The highest BCUT2D eigenvalue weighted by atomic mass is 19.4. The minimum absolute atomic E-state index is 0.00399. The van der Waals surface area contributed by atoms with E-state index in [9.17, 15) is 13.2 Å². The number of hydrogen-bond donors (Lipinski definition) is 1. The maximum atomic E-state index is 13.1. The van der Waals surface area contributed by atoms with Crippen molar-refractivity contribution in [3.05, 3.63) is 36.0 Å². The Hall–Kier alpha value is -2.51. The van der Waals surface area contributed by atoms with Crippen LogP contribution in [0.15, 0.2) is 30.5 Å². The van der Waals surface area contributed by atoms with Crippen LogP contribution in [0.3, 0.4) is 0 Å². The number of aromatic nitrogens is 2. The van der Waals surface area contributed by atoms with Gasteiger partial charge in [0.15, 0.2) is 0 Å². The van der Waals surface area contributed by atoms with E-state index in [-0.39, 0.29) is 18.7 Å². The third-order valence-corrected chi connectivity index (χ3v) is 3.29. The van der Waals surface area contributed by atoms with Gasteiger partial charge < -0.3 is 14.8 Å². The molecule has 0 fully saturated rings. The number of unbranched alkanes of at least 4 members (excludes halogenated alkanes) is 1. The van der Waals surface area contributed by atoms with E-state index in [1.54, 1.807) is 24.3 Å². The summed E-state index contributed by atoms with van der Waals surface area (Å²) in [4.78, 5) is 7.68. The van der Waals surface area contributed by atoms with E-state index in [1.807, 2.05) is 20.8 Å². The number of nitrogens with one attached hydrogen (secondary N) is 1. The van der Waals surface area contributed by atoms with Crippen molar-refractivity contribution in [3.63, 3.8) is 0 Å². The van der Waals surface area contributed by atoms with Crippen molar-refractivity contribution in [2.24, 2.45) is 0 Å². The van der Waals surface area contributed by atoms with Crippen molar-refractivity contribution >= 4 is 11.6 Å². The number of hydrogen-bond acceptors (Lipinski definition) is 5. The SMILES string of the molecule is CCCCOc1nc(Nc2ccccc2OC(C)C)ncc1C(F)(F)F. The third-order valence-electron chi connectivity index (χ3n) is 3.29. The van der Waals surface area contributed by atoms with Gasteiger partial charge in [0.05, 0.1) is 18.4 Å². The normalized spacial score (nSPS) is 11.5. The molecule has 8 heteroatoms. The second-order valence-corrected chi connectivity index (χ2v) is 5.90. The topological polar surface area (TPSA) is 56.3 Å². The van der Waals surface area contributed by atoms with E-state index >= 15 is 0 Å². The molecule has 0 saturated heterocycles. The lowest BCUT2D eigenvalue weighted by Crippen LogP contribution is -2.13. The van der Waals surface area contributed by atoms with Crippen molar-refractivity contribution in [3.8, 4) is 11.6 Å². The zero-order valence-electron chi connectivity index (χ0n) is 14.9. The summed E-state index contributed by atoms with van der Waals surface area (Å²) in [7, 11) is 0. The fourth-order valence-electron chi connectivity index (χ4n) is 2.09. The van der Waals surface area contributed by atoms with Gasteiger partial charge in [-0.15, -0.1) is 0 Å². The van der Waals surface area contributed by atoms with Crippen LogP contribution < -0.4 is 14.8 Å². The molecule has 1 heterocycles. The van der Waals surface area contributed by atoms with E-state index in [0.29, 0.717) is 17.9 Å². The monoisotopic (exact) mass is 369 g/mol. The van der Waals surface area contributed by atoms with E-state index in [2.05, 4.69) is 15.3 Å². The summed E-state index contributed by atoms with van der Waals surface area (Å²) in [6.07, 6.45) is -2.48. The Kier molecular flexibility index (Phi) is 6.65. The highest BCUT2D eigenvalue weighted by Crippen LogP contribution is 2.36. The minimum Gasteiger partial charge on any atom is -0.489 e. The maximum Gasteiger partial charge on any atom is 0.423 e. The minimum atomic E-state index is -4.58. The van der Waals surface area contributed by atoms with Crippen molar-refractivity contribution in [2.45, 2.75) is 45.9 Å². The lowest BCUT2D eigenvalue weighted by Gasteiger charge is -2.16. The highest BCUT2D eigenvalue weighted by molar-refractivity contribution is 5.62. The number of nitrogens with zero attached hydrogens (tertiary/aromatic N) is 2. The maximum absolute atomic E-state index is 13.1. The smallest absolute Gasteiger partial charge is 0.423 e. The molecule has 0 radical (unpaired) electrons. The summed E-state index contributed by atoms with van der Waals surface area (Å²) in [5, 5.41) is 2.89. The van der Waals surface area contributed by atoms with Crippen LogP contribution in [-0.4, -0.2) is 22.7 Å². The number of benzene rings is 1.